The second-order valence-electron chi connectivity index (χ2n) is 3.80. The van der Waals surface area contributed by atoms with E-state index in [9.17, 15) is 20.2 Å². The first-order valence-corrected chi connectivity index (χ1v) is 5.22. The van der Waals surface area contributed by atoms with E-state index in [1.807, 2.05) is 0 Å². The van der Waals surface area contributed by atoms with Crippen molar-refractivity contribution in [1.29, 1.82) is 0 Å². The normalized spacial score (nSPS) is 17.7. The lowest BCUT2D eigenvalue weighted by molar-refractivity contribution is -0.567. The maximum absolute atomic E-state index is 11.2. The second-order valence-corrected chi connectivity index (χ2v) is 3.80. The van der Waals surface area contributed by atoms with Crippen molar-refractivity contribution in [2.45, 2.75) is 11.6 Å². The summed E-state index contributed by atoms with van der Waals surface area (Å²) in [6.07, 6.45) is 2.36. The average Bonchev–Trinajstić information content (AvgIpc) is 2.80. The third kappa shape index (κ3) is 1.91. The monoisotopic (exact) mass is 247 g/mol. The first-order chi connectivity index (χ1) is 8.58. The first-order valence-electron chi connectivity index (χ1n) is 5.22. The minimum absolute atomic E-state index is 0.389. The molecule has 0 aliphatic carbocycles. The molecule has 0 bridgehead atoms. The summed E-state index contributed by atoms with van der Waals surface area (Å²) < 4.78 is 0. The number of hydrogen-bond acceptors (Lipinski definition) is 6. The van der Waals surface area contributed by atoms with Gasteiger partial charge in [-0.2, -0.15) is 9.98 Å². The molecular weight excluding hydrogens is 237 g/mol. The van der Waals surface area contributed by atoms with E-state index in [1.165, 1.54) is 12.4 Å². The standard InChI is InChI=1S/C10H10BN3O4/c15-11(16)9(8-4-2-1-3-5-8)10(14(17)18)12-6-7-13-10/h1-7,9,15-16H. The third-order valence-corrected chi connectivity index (χ3v) is 2.74. The lowest BCUT2D eigenvalue weighted by Crippen LogP contribution is -2.47. The van der Waals surface area contributed by atoms with Crippen LogP contribution in [0.25, 0.3) is 0 Å². The fourth-order valence-electron chi connectivity index (χ4n) is 1.94. The van der Waals surface area contributed by atoms with Gasteiger partial charge in [-0.05, 0) is 5.56 Å². The van der Waals surface area contributed by atoms with Gasteiger partial charge in [0.1, 0.15) is 5.82 Å². The van der Waals surface area contributed by atoms with E-state index in [1.54, 1.807) is 30.3 Å². The van der Waals surface area contributed by atoms with Crippen LogP contribution in [0.1, 0.15) is 11.4 Å². The molecule has 0 amide bonds. The largest absolute Gasteiger partial charge is 0.471 e. The quantitative estimate of drug-likeness (QED) is 0.438. The predicted octanol–water partition coefficient (Wildman–Crippen LogP) is -0.132. The van der Waals surface area contributed by atoms with Crippen molar-refractivity contribution in [3.05, 3.63) is 46.0 Å². The molecule has 1 atom stereocenters. The molecule has 8 heteroatoms. The molecule has 2 N–H and O–H groups in total. The van der Waals surface area contributed by atoms with Crippen LogP contribution in [0.15, 0.2) is 40.3 Å². The first kappa shape index (κ1) is 12.4. The summed E-state index contributed by atoms with van der Waals surface area (Å²) in [7, 11) is -1.94. The van der Waals surface area contributed by atoms with Gasteiger partial charge in [0.05, 0.1) is 4.92 Å². The molecule has 92 valence electrons. The Morgan fingerprint density at radius 2 is 1.78 bits per heavy atom. The number of nitro groups is 1. The summed E-state index contributed by atoms with van der Waals surface area (Å²) in [6.45, 7) is 0. The molecule has 0 radical (unpaired) electrons. The van der Waals surface area contributed by atoms with E-state index in [0.29, 0.717) is 5.56 Å². The van der Waals surface area contributed by atoms with Crippen molar-refractivity contribution in [2.24, 2.45) is 9.98 Å². The highest BCUT2D eigenvalue weighted by molar-refractivity contribution is 6.44. The van der Waals surface area contributed by atoms with Crippen molar-refractivity contribution in [3.63, 3.8) is 0 Å². The topological polar surface area (TPSA) is 108 Å². The summed E-state index contributed by atoms with van der Waals surface area (Å²) in [5, 5.41) is 30.1. The fourth-order valence-corrected chi connectivity index (χ4v) is 1.94. The van der Waals surface area contributed by atoms with Gasteiger partial charge in [0.2, 0.25) is 0 Å². The Balaban J connectivity index is 2.52. The zero-order chi connectivity index (χ0) is 13.2. The lowest BCUT2D eigenvalue weighted by atomic mass is 9.65. The maximum Gasteiger partial charge on any atom is 0.471 e. The number of benzene rings is 1. The summed E-state index contributed by atoms with van der Waals surface area (Å²) in [4.78, 5) is 17.9. The second kappa shape index (κ2) is 4.67. The number of nitrogens with zero attached hydrogens (tertiary/aromatic N) is 3. The van der Waals surface area contributed by atoms with Crippen LogP contribution in [0.4, 0.5) is 0 Å². The van der Waals surface area contributed by atoms with Crippen LogP contribution in [0.2, 0.25) is 0 Å². The molecule has 0 fully saturated rings. The van der Waals surface area contributed by atoms with E-state index in [4.69, 9.17) is 0 Å². The Kier molecular flexibility index (Phi) is 3.22. The molecule has 1 unspecified atom stereocenters. The molecule has 7 nitrogen and oxygen atoms in total. The van der Waals surface area contributed by atoms with Crippen LogP contribution < -0.4 is 0 Å². The van der Waals surface area contributed by atoms with Gasteiger partial charge in [-0.1, -0.05) is 30.3 Å². The van der Waals surface area contributed by atoms with Crippen LogP contribution in [-0.2, 0) is 0 Å². The molecule has 1 aromatic carbocycles. The zero-order valence-electron chi connectivity index (χ0n) is 9.25. The van der Waals surface area contributed by atoms with Gasteiger partial charge < -0.3 is 10.0 Å². The van der Waals surface area contributed by atoms with Crippen molar-refractivity contribution >= 4 is 19.5 Å². The summed E-state index contributed by atoms with van der Waals surface area (Å²) in [5.41, 5.74) is 0.389. The number of aliphatic imine (C=N–C) groups is 2. The fraction of sp³-hybridized carbons (Fsp3) is 0.200. The molecule has 0 saturated carbocycles. The Morgan fingerprint density at radius 1 is 1.22 bits per heavy atom. The molecule has 18 heavy (non-hydrogen) atoms. The smallest absolute Gasteiger partial charge is 0.426 e. The van der Waals surface area contributed by atoms with E-state index < -0.39 is 23.6 Å². The van der Waals surface area contributed by atoms with Crippen molar-refractivity contribution < 1.29 is 15.0 Å². The molecule has 1 aliphatic heterocycles. The Labute approximate surface area is 103 Å². The predicted molar refractivity (Wildman–Crippen MR) is 66.1 cm³/mol. The van der Waals surface area contributed by atoms with Crippen LogP contribution >= 0.6 is 0 Å². The van der Waals surface area contributed by atoms with Crippen molar-refractivity contribution in [2.75, 3.05) is 0 Å². The number of rotatable bonds is 4. The van der Waals surface area contributed by atoms with E-state index in [2.05, 4.69) is 9.98 Å². The van der Waals surface area contributed by atoms with Gasteiger partial charge >= 0.3 is 12.9 Å². The summed E-state index contributed by atoms with van der Waals surface area (Å²) in [5.74, 6) is -3.36. The Bertz CT molecular complexity index is 491. The molecule has 1 aliphatic rings. The molecular formula is C10H10BN3O4. The van der Waals surface area contributed by atoms with E-state index >= 15 is 0 Å². The Morgan fingerprint density at radius 3 is 2.22 bits per heavy atom. The van der Waals surface area contributed by atoms with E-state index in [0.717, 1.165) is 0 Å². The average molecular weight is 247 g/mol. The minimum Gasteiger partial charge on any atom is -0.426 e. The minimum atomic E-state index is -2.10. The summed E-state index contributed by atoms with van der Waals surface area (Å²) >= 11 is 0. The highest BCUT2D eigenvalue weighted by Gasteiger charge is 2.57. The zero-order valence-corrected chi connectivity index (χ0v) is 9.25. The maximum atomic E-state index is 11.2. The van der Waals surface area contributed by atoms with Crippen molar-refractivity contribution in [1.82, 2.24) is 0 Å². The van der Waals surface area contributed by atoms with Gasteiger partial charge in [-0.3, -0.25) is 10.1 Å². The highest BCUT2D eigenvalue weighted by Crippen LogP contribution is 2.35. The highest BCUT2D eigenvalue weighted by atomic mass is 16.6. The van der Waals surface area contributed by atoms with Crippen LogP contribution in [0.5, 0.6) is 0 Å². The van der Waals surface area contributed by atoms with Gasteiger partial charge in [0.25, 0.3) is 0 Å². The Hall–Kier alpha value is -2.06. The van der Waals surface area contributed by atoms with Crippen molar-refractivity contribution in [3.8, 4) is 0 Å². The van der Waals surface area contributed by atoms with Crippen LogP contribution in [0, 0.1) is 10.1 Å². The van der Waals surface area contributed by atoms with Gasteiger partial charge in [0.15, 0.2) is 0 Å². The van der Waals surface area contributed by atoms with Gasteiger partial charge in [-0.15, -0.1) is 0 Å². The number of hydrogen-bond donors (Lipinski definition) is 2. The van der Waals surface area contributed by atoms with Crippen LogP contribution in [-0.4, -0.2) is 40.3 Å². The van der Waals surface area contributed by atoms with E-state index in [-0.39, 0.29) is 0 Å². The molecule has 1 heterocycles. The van der Waals surface area contributed by atoms with Gasteiger partial charge in [0, 0.05) is 12.4 Å². The van der Waals surface area contributed by atoms with Gasteiger partial charge in [-0.25, -0.2) is 0 Å². The molecule has 0 spiro atoms. The third-order valence-electron chi connectivity index (χ3n) is 2.74. The SMILES string of the molecule is O=[N+]([O-])C1(C(B(O)O)c2ccccc2)N=CC=N1. The molecule has 0 aromatic heterocycles. The molecule has 2 rings (SSSR count). The molecule has 0 saturated heterocycles. The summed E-state index contributed by atoms with van der Waals surface area (Å²) in [6, 6.07) is 8.17. The lowest BCUT2D eigenvalue weighted by Gasteiger charge is -2.23. The van der Waals surface area contributed by atoms with Crippen LogP contribution in [0.3, 0.4) is 0 Å². The molecule has 1 aromatic rings.